The predicted molar refractivity (Wildman–Crippen MR) is 103 cm³/mol. The Hall–Kier alpha value is -1.77. The molecule has 4 aliphatic carbocycles. The van der Waals surface area contributed by atoms with Crippen LogP contribution in [0.1, 0.15) is 56.8 Å². The molecule has 2 aromatic heterocycles. The van der Waals surface area contributed by atoms with Crippen LogP contribution in [0.15, 0.2) is 15.7 Å². The Morgan fingerprint density at radius 2 is 2.07 bits per heavy atom. The standard InChI is InChI=1S/C19H25BrN6O2/c1-3-25(9-15-12(2)23-28-24-15)16(27)18-5-13-4-14(6-18)8-19(7-13,10-18)26-11-21-17(20)22-26/h11,13-14H,3-10H2,1-2H3/t13-,14+,18?,19?. The predicted octanol–water partition coefficient (Wildman–Crippen LogP) is 3.08. The van der Waals surface area contributed by atoms with Gasteiger partial charge in [-0.3, -0.25) is 4.79 Å². The van der Waals surface area contributed by atoms with Gasteiger partial charge in [0.25, 0.3) is 0 Å². The van der Waals surface area contributed by atoms with Crippen molar-refractivity contribution < 1.29 is 9.42 Å². The lowest BCUT2D eigenvalue weighted by molar-refractivity contribution is -0.167. The summed E-state index contributed by atoms with van der Waals surface area (Å²) in [6.45, 7) is 5.02. The minimum absolute atomic E-state index is 0.0798. The Morgan fingerprint density at radius 3 is 2.64 bits per heavy atom. The maximum Gasteiger partial charge on any atom is 0.229 e. The molecule has 28 heavy (non-hydrogen) atoms. The summed E-state index contributed by atoms with van der Waals surface area (Å²) in [6, 6.07) is 0. The van der Waals surface area contributed by atoms with Gasteiger partial charge < -0.3 is 4.90 Å². The molecule has 0 radical (unpaired) electrons. The Balaban J connectivity index is 1.47. The second kappa shape index (κ2) is 6.37. The summed E-state index contributed by atoms with van der Waals surface area (Å²) in [7, 11) is 0. The molecule has 0 aromatic carbocycles. The first-order chi connectivity index (χ1) is 13.4. The monoisotopic (exact) mass is 448 g/mol. The molecule has 4 atom stereocenters. The van der Waals surface area contributed by atoms with Gasteiger partial charge in [0.1, 0.15) is 17.7 Å². The van der Waals surface area contributed by atoms with Gasteiger partial charge in [-0.15, -0.1) is 5.10 Å². The molecular formula is C19H25BrN6O2. The number of hydrogen-bond donors (Lipinski definition) is 0. The van der Waals surface area contributed by atoms with E-state index in [2.05, 4.69) is 36.3 Å². The molecule has 9 heteroatoms. The molecule has 1 amide bonds. The third-order valence-electron chi connectivity index (χ3n) is 7.19. The smallest absolute Gasteiger partial charge is 0.229 e. The third-order valence-corrected chi connectivity index (χ3v) is 7.55. The molecule has 4 saturated carbocycles. The lowest BCUT2D eigenvalue weighted by Crippen LogP contribution is -2.61. The van der Waals surface area contributed by atoms with E-state index in [-0.39, 0.29) is 16.9 Å². The Bertz CT molecular complexity index is 894. The first-order valence-electron chi connectivity index (χ1n) is 10.1. The van der Waals surface area contributed by atoms with Gasteiger partial charge in [0.2, 0.25) is 10.6 Å². The molecule has 0 N–H and O–H groups in total. The van der Waals surface area contributed by atoms with Crippen molar-refractivity contribution in [3.8, 4) is 0 Å². The molecule has 6 rings (SSSR count). The number of aromatic nitrogens is 5. The number of carbonyl (C=O) groups excluding carboxylic acids is 1. The Labute approximate surface area is 172 Å². The van der Waals surface area contributed by atoms with Crippen LogP contribution in [-0.4, -0.2) is 42.4 Å². The van der Waals surface area contributed by atoms with Gasteiger partial charge in [0, 0.05) is 6.54 Å². The van der Waals surface area contributed by atoms with E-state index in [1.807, 2.05) is 29.8 Å². The van der Waals surface area contributed by atoms with Crippen LogP contribution in [0.5, 0.6) is 0 Å². The fourth-order valence-corrected chi connectivity index (χ4v) is 6.70. The summed E-state index contributed by atoms with van der Waals surface area (Å²) >= 11 is 3.39. The highest BCUT2D eigenvalue weighted by Gasteiger charge is 2.62. The fourth-order valence-electron chi connectivity index (χ4n) is 6.44. The second-order valence-electron chi connectivity index (χ2n) is 9.04. The zero-order chi connectivity index (χ0) is 19.5. The van der Waals surface area contributed by atoms with E-state index in [1.165, 1.54) is 6.42 Å². The van der Waals surface area contributed by atoms with Gasteiger partial charge in [-0.05, 0) is 80.1 Å². The molecule has 0 aliphatic heterocycles. The summed E-state index contributed by atoms with van der Waals surface area (Å²) < 4.78 is 7.49. The zero-order valence-corrected chi connectivity index (χ0v) is 17.9. The van der Waals surface area contributed by atoms with Gasteiger partial charge in [0.05, 0.1) is 17.5 Å². The van der Waals surface area contributed by atoms with Crippen LogP contribution in [-0.2, 0) is 16.9 Å². The Morgan fingerprint density at radius 1 is 1.32 bits per heavy atom. The van der Waals surface area contributed by atoms with Crippen LogP contribution in [0.2, 0.25) is 0 Å². The SMILES string of the molecule is CCN(Cc1nonc1C)C(=O)C12C[C@H]3C[C@@H](C1)CC(n1cnc(Br)n1)(C3)C2. The number of halogens is 1. The molecule has 150 valence electrons. The van der Waals surface area contributed by atoms with Gasteiger partial charge >= 0.3 is 0 Å². The minimum atomic E-state index is -0.302. The van der Waals surface area contributed by atoms with Crippen LogP contribution in [0.25, 0.3) is 0 Å². The third kappa shape index (κ3) is 2.73. The molecule has 0 spiro atoms. The lowest BCUT2D eigenvalue weighted by Gasteiger charge is -2.61. The first-order valence-corrected chi connectivity index (χ1v) is 10.9. The number of rotatable bonds is 5. The van der Waals surface area contributed by atoms with Gasteiger partial charge in [-0.1, -0.05) is 10.3 Å². The summed E-state index contributed by atoms with van der Waals surface area (Å²) in [4.78, 5) is 20.1. The second-order valence-corrected chi connectivity index (χ2v) is 9.75. The maximum absolute atomic E-state index is 13.8. The van der Waals surface area contributed by atoms with E-state index in [0.29, 0.717) is 29.7 Å². The van der Waals surface area contributed by atoms with E-state index in [1.54, 1.807) is 0 Å². The molecule has 2 unspecified atom stereocenters. The van der Waals surface area contributed by atoms with Crippen molar-refractivity contribution in [2.24, 2.45) is 17.3 Å². The molecule has 4 aliphatic rings. The van der Waals surface area contributed by atoms with Crippen LogP contribution in [0.4, 0.5) is 0 Å². The van der Waals surface area contributed by atoms with Crippen molar-refractivity contribution in [2.75, 3.05) is 6.54 Å². The topological polar surface area (TPSA) is 89.9 Å². The molecule has 0 saturated heterocycles. The lowest BCUT2D eigenvalue weighted by atomic mass is 9.46. The van der Waals surface area contributed by atoms with Crippen molar-refractivity contribution >= 4 is 21.8 Å². The first kappa shape index (κ1) is 18.3. The van der Waals surface area contributed by atoms with Crippen LogP contribution in [0, 0.1) is 24.2 Å². The average Bonchev–Trinajstić information content (AvgIpc) is 3.27. The fraction of sp³-hybridized carbons (Fsp3) is 0.737. The van der Waals surface area contributed by atoms with E-state index in [0.717, 1.165) is 43.5 Å². The van der Waals surface area contributed by atoms with Gasteiger partial charge in [-0.2, -0.15) is 0 Å². The van der Waals surface area contributed by atoms with Crippen LogP contribution < -0.4 is 0 Å². The normalized spacial score (nSPS) is 33.4. The summed E-state index contributed by atoms with van der Waals surface area (Å²) in [5.74, 6) is 1.43. The van der Waals surface area contributed by atoms with Crippen LogP contribution >= 0.6 is 15.9 Å². The van der Waals surface area contributed by atoms with E-state index >= 15 is 0 Å². The van der Waals surface area contributed by atoms with Crippen molar-refractivity contribution in [1.29, 1.82) is 0 Å². The minimum Gasteiger partial charge on any atom is -0.336 e. The van der Waals surface area contributed by atoms with Gasteiger partial charge in [-0.25, -0.2) is 14.3 Å². The van der Waals surface area contributed by atoms with Crippen LogP contribution in [0.3, 0.4) is 0 Å². The zero-order valence-electron chi connectivity index (χ0n) is 16.3. The number of aryl methyl sites for hydroxylation is 1. The number of hydrogen-bond acceptors (Lipinski definition) is 6. The largest absolute Gasteiger partial charge is 0.336 e. The quantitative estimate of drug-likeness (QED) is 0.697. The average molecular weight is 449 g/mol. The highest BCUT2D eigenvalue weighted by Crippen LogP contribution is 2.64. The molecular weight excluding hydrogens is 424 g/mol. The highest BCUT2D eigenvalue weighted by molar-refractivity contribution is 9.10. The number of nitrogens with zero attached hydrogens (tertiary/aromatic N) is 6. The highest BCUT2D eigenvalue weighted by atomic mass is 79.9. The van der Waals surface area contributed by atoms with Crippen molar-refractivity contribution in [3.63, 3.8) is 0 Å². The number of amides is 1. The van der Waals surface area contributed by atoms with E-state index < -0.39 is 0 Å². The summed E-state index contributed by atoms with van der Waals surface area (Å²) in [5, 5.41) is 12.4. The summed E-state index contributed by atoms with van der Waals surface area (Å²) in [5.41, 5.74) is 1.11. The molecule has 4 bridgehead atoms. The van der Waals surface area contributed by atoms with Crippen molar-refractivity contribution in [1.82, 2.24) is 30.0 Å². The van der Waals surface area contributed by atoms with Crippen molar-refractivity contribution in [3.05, 3.63) is 22.4 Å². The molecule has 2 aromatic rings. The maximum atomic E-state index is 13.8. The van der Waals surface area contributed by atoms with Gasteiger partial charge in [0.15, 0.2) is 0 Å². The molecule has 8 nitrogen and oxygen atoms in total. The summed E-state index contributed by atoms with van der Waals surface area (Å²) in [6.07, 6.45) is 8.12. The molecule has 4 fully saturated rings. The number of carbonyl (C=O) groups is 1. The Kier molecular flexibility index (Phi) is 4.16. The van der Waals surface area contributed by atoms with Crippen molar-refractivity contribution in [2.45, 2.75) is 64.5 Å². The van der Waals surface area contributed by atoms with E-state index in [9.17, 15) is 4.79 Å². The van der Waals surface area contributed by atoms with E-state index in [4.69, 9.17) is 4.63 Å². The molecule has 2 heterocycles.